The molecule has 0 bridgehead atoms. The van der Waals surface area contributed by atoms with Gasteiger partial charge in [-0.1, -0.05) is 23.5 Å². The first-order valence-corrected chi connectivity index (χ1v) is 7.77. The fraction of sp³-hybridized carbons (Fsp3) is 0.400. The summed E-state index contributed by atoms with van der Waals surface area (Å²) in [6.45, 7) is 5.14. The van der Waals surface area contributed by atoms with Crippen LogP contribution in [-0.2, 0) is 6.42 Å². The Morgan fingerprint density at radius 1 is 1.43 bits per heavy atom. The highest BCUT2D eigenvalue weighted by molar-refractivity contribution is 7.08. The zero-order valence-electron chi connectivity index (χ0n) is 12.3. The van der Waals surface area contributed by atoms with Crippen molar-refractivity contribution in [2.24, 2.45) is 0 Å². The van der Waals surface area contributed by atoms with Gasteiger partial charge in [0.05, 0.1) is 12.3 Å². The number of ether oxygens (including phenoxy) is 1. The number of rotatable bonds is 7. The minimum atomic E-state index is -0.0996. The normalized spacial score (nSPS) is 10.4. The molecule has 1 heterocycles. The molecular weight excluding hydrogens is 286 g/mol. The standard InChI is InChI=1S/C15H19N3O2S/c1-3-13-14(21-18-17-13)15(19)16-8-5-9-20-12-7-4-6-11(2)10-12/h4,6-7,10H,3,5,8-9H2,1-2H3,(H,16,19). The smallest absolute Gasteiger partial charge is 0.264 e. The lowest BCUT2D eigenvalue weighted by Crippen LogP contribution is -2.25. The van der Waals surface area contributed by atoms with Gasteiger partial charge in [0, 0.05) is 6.54 Å². The van der Waals surface area contributed by atoms with Gasteiger partial charge in [0.2, 0.25) is 0 Å². The molecule has 0 fully saturated rings. The second-order valence-corrected chi connectivity index (χ2v) is 5.43. The predicted octanol–water partition coefficient (Wildman–Crippen LogP) is 2.61. The van der Waals surface area contributed by atoms with E-state index in [0.717, 1.165) is 35.8 Å². The number of nitrogens with zero attached hydrogens (tertiary/aromatic N) is 2. The van der Waals surface area contributed by atoms with Crippen LogP contribution in [0.2, 0.25) is 0 Å². The maximum atomic E-state index is 11.9. The zero-order chi connectivity index (χ0) is 15.1. The molecule has 1 aromatic heterocycles. The largest absolute Gasteiger partial charge is 0.494 e. The molecule has 0 unspecified atom stereocenters. The molecule has 1 amide bonds. The summed E-state index contributed by atoms with van der Waals surface area (Å²) in [5.74, 6) is 0.763. The van der Waals surface area contributed by atoms with Gasteiger partial charge in [-0.3, -0.25) is 4.79 Å². The van der Waals surface area contributed by atoms with Gasteiger partial charge < -0.3 is 10.1 Å². The Bertz CT molecular complexity index is 598. The third kappa shape index (κ3) is 4.53. The average Bonchev–Trinajstić information content (AvgIpc) is 2.95. The molecule has 2 rings (SSSR count). The van der Waals surface area contributed by atoms with Crippen LogP contribution in [0.5, 0.6) is 5.75 Å². The summed E-state index contributed by atoms with van der Waals surface area (Å²) >= 11 is 1.14. The van der Waals surface area contributed by atoms with Gasteiger partial charge in [-0.05, 0) is 49.0 Å². The lowest BCUT2D eigenvalue weighted by Gasteiger charge is -2.07. The molecule has 2 aromatic rings. The van der Waals surface area contributed by atoms with Crippen LogP contribution >= 0.6 is 11.5 Å². The van der Waals surface area contributed by atoms with Gasteiger partial charge >= 0.3 is 0 Å². The maximum absolute atomic E-state index is 11.9. The summed E-state index contributed by atoms with van der Waals surface area (Å²) in [6, 6.07) is 7.92. The first kappa shape index (κ1) is 15.4. The Morgan fingerprint density at radius 3 is 3.05 bits per heavy atom. The number of benzene rings is 1. The molecule has 0 spiro atoms. The Morgan fingerprint density at radius 2 is 2.29 bits per heavy atom. The summed E-state index contributed by atoms with van der Waals surface area (Å²) in [7, 11) is 0. The number of hydrogen-bond donors (Lipinski definition) is 1. The summed E-state index contributed by atoms with van der Waals surface area (Å²) in [6.07, 6.45) is 1.48. The Balaban J connectivity index is 1.69. The van der Waals surface area contributed by atoms with Crippen molar-refractivity contribution in [1.82, 2.24) is 14.9 Å². The number of hydrogen-bond acceptors (Lipinski definition) is 5. The van der Waals surface area contributed by atoms with E-state index in [1.165, 1.54) is 5.56 Å². The molecule has 1 N–H and O–H groups in total. The second-order valence-electron chi connectivity index (χ2n) is 4.68. The quantitative estimate of drug-likeness (QED) is 0.799. The van der Waals surface area contributed by atoms with Crippen LogP contribution in [0.1, 0.15) is 34.3 Å². The molecule has 1 aromatic carbocycles. The third-order valence-electron chi connectivity index (χ3n) is 2.96. The molecule has 6 heteroatoms. The highest BCUT2D eigenvalue weighted by atomic mass is 32.1. The SMILES string of the molecule is CCc1nnsc1C(=O)NCCCOc1cccc(C)c1. The van der Waals surface area contributed by atoms with E-state index in [4.69, 9.17) is 4.74 Å². The topological polar surface area (TPSA) is 64.1 Å². The van der Waals surface area contributed by atoms with Gasteiger partial charge in [-0.25, -0.2) is 0 Å². The molecular formula is C15H19N3O2S. The molecule has 21 heavy (non-hydrogen) atoms. The minimum absolute atomic E-state index is 0.0996. The number of carbonyl (C=O) groups is 1. The molecule has 0 saturated heterocycles. The van der Waals surface area contributed by atoms with E-state index in [2.05, 4.69) is 14.9 Å². The third-order valence-corrected chi connectivity index (χ3v) is 3.73. The fourth-order valence-electron chi connectivity index (χ4n) is 1.86. The van der Waals surface area contributed by atoms with Crippen LogP contribution in [0, 0.1) is 6.92 Å². The summed E-state index contributed by atoms with van der Waals surface area (Å²) in [5.41, 5.74) is 1.93. The van der Waals surface area contributed by atoms with E-state index in [0.29, 0.717) is 18.0 Å². The van der Waals surface area contributed by atoms with Crippen LogP contribution in [0.25, 0.3) is 0 Å². The van der Waals surface area contributed by atoms with Crippen molar-refractivity contribution in [1.29, 1.82) is 0 Å². The Labute approximate surface area is 128 Å². The predicted molar refractivity (Wildman–Crippen MR) is 82.9 cm³/mol. The highest BCUT2D eigenvalue weighted by Gasteiger charge is 2.13. The van der Waals surface area contributed by atoms with Crippen LogP contribution in [0.4, 0.5) is 0 Å². The summed E-state index contributed by atoms with van der Waals surface area (Å²) in [5, 5.41) is 6.80. The monoisotopic (exact) mass is 305 g/mol. The highest BCUT2D eigenvalue weighted by Crippen LogP contribution is 2.12. The van der Waals surface area contributed by atoms with Gasteiger partial charge in [-0.15, -0.1) is 5.10 Å². The molecule has 0 radical (unpaired) electrons. The van der Waals surface area contributed by atoms with Gasteiger partial charge in [-0.2, -0.15) is 0 Å². The number of nitrogens with one attached hydrogen (secondary N) is 1. The Hall–Kier alpha value is -1.95. The van der Waals surface area contributed by atoms with Crippen LogP contribution < -0.4 is 10.1 Å². The van der Waals surface area contributed by atoms with Crippen LogP contribution in [0.15, 0.2) is 24.3 Å². The zero-order valence-corrected chi connectivity index (χ0v) is 13.1. The number of aryl methyl sites for hydroxylation is 2. The number of carbonyl (C=O) groups excluding carboxylic acids is 1. The van der Waals surface area contributed by atoms with Gasteiger partial charge in [0.25, 0.3) is 5.91 Å². The summed E-state index contributed by atoms with van der Waals surface area (Å²) < 4.78 is 9.44. The number of aromatic nitrogens is 2. The average molecular weight is 305 g/mol. The summed E-state index contributed by atoms with van der Waals surface area (Å²) in [4.78, 5) is 12.6. The van der Waals surface area contributed by atoms with E-state index in [-0.39, 0.29) is 5.91 Å². The van der Waals surface area contributed by atoms with Crippen LogP contribution in [-0.4, -0.2) is 28.6 Å². The first-order chi connectivity index (χ1) is 10.2. The van der Waals surface area contributed by atoms with E-state index in [1.54, 1.807) is 0 Å². The fourth-order valence-corrected chi connectivity index (χ4v) is 2.53. The lowest BCUT2D eigenvalue weighted by molar-refractivity contribution is 0.0954. The van der Waals surface area contributed by atoms with Crippen molar-refractivity contribution in [2.75, 3.05) is 13.2 Å². The van der Waals surface area contributed by atoms with E-state index in [9.17, 15) is 4.79 Å². The minimum Gasteiger partial charge on any atom is -0.494 e. The lowest BCUT2D eigenvalue weighted by atomic mass is 10.2. The maximum Gasteiger partial charge on any atom is 0.264 e. The first-order valence-electron chi connectivity index (χ1n) is 6.99. The number of amides is 1. The van der Waals surface area contributed by atoms with Crippen molar-refractivity contribution < 1.29 is 9.53 Å². The van der Waals surface area contributed by atoms with Gasteiger partial charge in [0.1, 0.15) is 10.6 Å². The van der Waals surface area contributed by atoms with Crippen molar-refractivity contribution in [3.8, 4) is 5.75 Å². The van der Waals surface area contributed by atoms with Crippen molar-refractivity contribution in [2.45, 2.75) is 26.7 Å². The molecule has 5 nitrogen and oxygen atoms in total. The second kappa shape index (κ2) is 7.73. The van der Waals surface area contributed by atoms with Gasteiger partial charge in [0.15, 0.2) is 0 Å². The molecule has 112 valence electrons. The Kier molecular flexibility index (Phi) is 5.68. The van der Waals surface area contributed by atoms with E-state index >= 15 is 0 Å². The van der Waals surface area contributed by atoms with E-state index < -0.39 is 0 Å². The molecule has 0 atom stereocenters. The van der Waals surface area contributed by atoms with Crippen molar-refractivity contribution in [3.63, 3.8) is 0 Å². The molecule has 0 saturated carbocycles. The molecule has 0 aliphatic heterocycles. The van der Waals surface area contributed by atoms with Crippen LogP contribution in [0.3, 0.4) is 0 Å². The van der Waals surface area contributed by atoms with E-state index in [1.807, 2.05) is 38.1 Å². The molecule has 0 aliphatic rings. The molecule has 0 aliphatic carbocycles. The van der Waals surface area contributed by atoms with Crippen molar-refractivity contribution >= 4 is 17.4 Å². The van der Waals surface area contributed by atoms with Crippen molar-refractivity contribution in [3.05, 3.63) is 40.4 Å².